The van der Waals surface area contributed by atoms with Crippen LogP contribution < -0.4 is 0 Å². The van der Waals surface area contributed by atoms with Crippen LogP contribution in [0.15, 0.2) is 42.5 Å². The topological polar surface area (TPSA) is 60.7 Å². The first-order chi connectivity index (χ1) is 10.1. The van der Waals surface area contributed by atoms with Gasteiger partial charge in [-0.05, 0) is 60.1 Å². The summed E-state index contributed by atoms with van der Waals surface area (Å²) < 4.78 is 0. The Hall–Kier alpha value is -2.16. The van der Waals surface area contributed by atoms with Crippen LogP contribution in [0.5, 0.6) is 17.2 Å². The summed E-state index contributed by atoms with van der Waals surface area (Å²) in [6.45, 7) is 4.26. The SMILES string of the molecule is CC[C@@H](c1ccc(O)cc1)[C@@H](CC)c1ccc(O)c(O)c1. The predicted molar refractivity (Wildman–Crippen MR) is 83.9 cm³/mol. The fourth-order valence-corrected chi connectivity index (χ4v) is 3.00. The number of aromatic hydroxyl groups is 3. The van der Waals surface area contributed by atoms with Crippen molar-refractivity contribution >= 4 is 0 Å². The normalized spacial score (nSPS) is 13.8. The molecule has 2 aromatic carbocycles. The largest absolute Gasteiger partial charge is 0.508 e. The van der Waals surface area contributed by atoms with Gasteiger partial charge in [0, 0.05) is 0 Å². The maximum absolute atomic E-state index is 9.72. The van der Waals surface area contributed by atoms with Crippen LogP contribution in [0, 0.1) is 0 Å². The van der Waals surface area contributed by atoms with Crippen molar-refractivity contribution in [3.8, 4) is 17.2 Å². The molecule has 112 valence electrons. The number of benzene rings is 2. The van der Waals surface area contributed by atoms with Gasteiger partial charge in [0.2, 0.25) is 0 Å². The molecule has 0 aliphatic heterocycles. The zero-order chi connectivity index (χ0) is 15.4. The van der Waals surface area contributed by atoms with Crippen molar-refractivity contribution < 1.29 is 15.3 Å². The van der Waals surface area contributed by atoms with E-state index in [0.29, 0.717) is 5.92 Å². The second kappa shape index (κ2) is 6.53. The molecule has 0 unspecified atom stereocenters. The Balaban J connectivity index is 2.36. The number of hydrogen-bond donors (Lipinski definition) is 3. The molecule has 3 N–H and O–H groups in total. The van der Waals surface area contributed by atoms with Crippen LogP contribution in [-0.2, 0) is 0 Å². The third-order valence-corrected chi connectivity index (χ3v) is 4.11. The van der Waals surface area contributed by atoms with Crippen molar-refractivity contribution in [1.29, 1.82) is 0 Å². The highest BCUT2D eigenvalue weighted by atomic mass is 16.3. The molecule has 0 amide bonds. The molecule has 0 spiro atoms. The third-order valence-electron chi connectivity index (χ3n) is 4.11. The zero-order valence-electron chi connectivity index (χ0n) is 12.5. The monoisotopic (exact) mass is 286 g/mol. The molecule has 0 radical (unpaired) electrons. The minimum Gasteiger partial charge on any atom is -0.508 e. The van der Waals surface area contributed by atoms with Crippen molar-refractivity contribution in [2.24, 2.45) is 0 Å². The van der Waals surface area contributed by atoms with Crippen LogP contribution in [0.1, 0.15) is 49.7 Å². The molecule has 0 aliphatic rings. The molecule has 2 atom stereocenters. The minimum atomic E-state index is -0.0914. The van der Waals surface area contributed by atoms with E-state index in [4.69, 9.17) is 0 Å². The van der Waals surface area contributed by atoms with Crippen molar-refractivity contribution in [1.82, 2.24) is 0 Å². The summed E-state index contributed by atoms with van der Waals surface area (Å²) in [5.41, 5.74) is 2.20. The first-order valence-corrected chi connectivity index (χ1v) is 7.37. The molecule has 0 saturated heterocycles. The molecule has 0 saturated carbocycles. The summed E-state index contributed by atoms with van der Waals surface area (Å²) in [7, 11) is 0. The molecule has 3 nitrogen and oxygen atoms in total. The summed E-state index contributed by atoms with van der Waals surface area (Å²) in [6, 6.07) is 12.4. The fraction of sp³-hybridized carbons (Fsp3) is 0.333. The van der Waals surface area contributed by atoms with E-state index in [9.17, 15) is 15.3 Å². The quantitative estimate of drug-likeness (QED) is 0.710. The van der Waals surface area contributed by atoms with E-state index in [1.54, 1.807) is 18.2 Å². The van der Waals surface area contributed by atoms with Crippen molar-refractivity contribution in [2.75, 3.05) is 0 Å². The van der Waals surface area contributed by atoms with Gasteiger partial charge in [0.15, 0.2) is 11.5 Å². The second-order valence-corrected chi connectivity index (χ2v) is 5.37. The van der Waals surface area contributed by atoms with Crippen LogP contribution in [-0.4, -0.2) is 15.3 Å². The Labute approximate surface area is 125 Å². The van der Waals surface area contributed by atoms with Gasteiger partial charge in [-0.2, -0.15) is 0 Å². The molecule has 0 fully saturated rings. The lowest BCUT2D eigenvalue weighted by Gasteiger charge is -2.26. The molecule has 2 aromatic rings. The molecule has 3 heteroatoms. The first-order valence-electron chi connectivity index (χ1n) is 7.37. The van der Waals surface area contributed by atoms with E-state index in [1.807, 2.05) is 18.2 Å². The molecule has 0 aliphatic carbocycles. The van der Waals surface area contributed by atoms with Crippen LogP contribution in [0.3, 0.4) is 0 Å². The highest BCUT2D eigenvalue weighted by Gasteiger charge is 2.22. The van der Waals surface area contributed by atoms with E-state index in [-0.39, 0.29) is 23.2 Å². The van der Waals surface area contributed by atoms with Crippen LogP contribution in [0.2, 0.25) is 0 Å². The van der Waals surface area contributed by atoms with Crippen molar-refractivity contribution in [3.05, 3.63) is 53.6 Å². The molecule has 0 heterocycles. The van der Waals surface area contributed by atoms with E-state index < -0.39 is 0 Å². The zero-order valence-corrected chi connectivity index (χ0v) is 12.5. The van der Waals surface area contributed by atoms with Gasteiger partial charge in [0.05, 0.1) is 0 Å². The van der Waals surface area contributed by atoms with Gasteiger partial charge >= 0.3 is 0 Å². The molecule has 0 bridgehead atoms. The van der Waals surface area contributed by atoms with Crippen LogP contribution >= 0.6 is 0 Å². The number of rotatable bonds is 5. The molecular weight excluding hydrogens is 264 g/mol. The van der Waals surface area contributed by atoms with Gasteiger partial charge in [-0.25, -0.2) is 0 Å². The summed E-state index contributed by atoms with van der Waals surface area (Å²) in [4.78, 5) is 0. The smallest absolute Gasteiger partial charge is 0.157 e. The maximum Gasteiger partial charge on any atom is 0.157 e. The van der Waals surface area contributed by atoms with Gasteiger partial charge in [-0.1, -0.05) is 32.0 Å². The van der Waals surface area contributed by atoms with Crippen LogP contribution in [0.4, 0.5) is 0 Å². The highest BCUT2D eigenvalue weighted by Crippen LogP contribution is 2.40. The van der Waals surface area contributed by atoms with E-state index in [2.05, 4.69) is 13.8 Å². The van der Waals surface area contributed by atoms with Gasteiger partial charge in [-0.15, -0.1) is 0 Å². The average Bonchev–Trinajstić information content (AvgIpc) is 2.49. The Kier molecular flexibility index (Phi) is 4.73. The predicted octanol–water partition coefficient (Wildman–Crippen LogP) is 4.49. The van der Waals surface area contributed by atoms with Crippen molar-refractivity contribution in [2.45, 2.75) is 38.5 Å². The standard InChI is InChI=1S/C18H22O3/c1-3-15(12-5-8-14(19)9-6-12)16(4-2)13-7-10-17(20)18(21)11-13/h5-11,15-16,19-21H,3-4H2,1-2H3/t15-,16-/m0/s1. The molecular formula is C18H22O3. The maximum atomic E-state index is 9.72. The first kappa shape index (κ1) is 15.2. The highest BCUT2D eigenvalue weighted by molar-refractivity contribution is 5.43. The fourth-order valence-electron chi connectivity index (χ4n) is 3.00. The number of phenols is 3. The number of phenolic OH excluding ortho intramolecular Hbond substituents is 3. The lowest BCUT2D eigenvalue weighted by atomic mass is 9.78. The van der Waals surface area contributed by atoms with Gasteiger partial charge < -0.3 is 15.3 Å². The Morgan fingerprint density at radius 3 is 1.76 bits per heavy atom. The van der Waals surface area contributed by atoms with Gasteiger partial charge in [0.1, 0.15) is 5.75 Å². The lowest BCUT2D eigenvalue weighted by molar-refractivity contribution is 0.401. The molecule has 2 rings (SSSR count). The van der Waals surface area contributed by atoms with E-state index in [1.165, 1.54) is 11.6 Å². The second-order valence-electron chi connectivity index (χ2n) is 5.37. The summed E-state index contributed by atoms with van der Waals surface area (Å²) in [5, 5.41) is 28.6. The van der Waals surface area contributed by atoms with Crippen molar-refractivity contribution in [3.63, 3.8) is 0 Å². The summed E-state index contributed by atoms with van der Waals surface area (Å²) in [5.74, 6) is 0.660. The Morgan fingerprint density at radius 2 is 1.24 bits per heavy atom. The Morgan fingerprint density at radius 1 is 0.714 bits per heavy atom. The summed E-state index contributed by atoms with van der Waals surface area (Å²) >= 11 is 0. The molecule has 21 heavy (non-hydrogen) atoms. The van der Waals surface area contributed by atoms with Gasteiger partial charge in [0.25, 0.3) is 0 Å². The summed E-state index contributed by atoms with van der Waals surface area (Å²) in [6.07, 6.45) is 1.90. The van der Waals surface area contributed by atoms with E-state index >= 15 is 0 Å². The molecule has 0 aromatic heterocycles. The average molecular weight is 286 g/mol. The Bertz CT molecular complexity index is 590. The van der Waals surface area contributed by atoms with Gasteiger partial charge in [-0.3, -0.25) is 0 Å². The third kappa shape index (κ3) is 3.30. The lowest BCUT2D eigenvalue weighted by Crippen LogP contribution is -2.10. The van der Waals surface area contributed by atoms with Crippen LogP contribution in [0.25, 0.3) is 0 Å². The minimum absolute atomic E-state index is 0.0773. The number of hydrogen-bond acceptors (Lipinski definition) is 3. The van der Waals surface area contributed by atoms with E-state index in [0.717, 1.165) is 18.4 Å².